The molecular formula is C19H23FN6OS. The van der Waals surface area contributed by atoms with E-state index in [1.54, 1.807) is 16.9 Å². The van der Waals surface area contributed by atoms with Crippen LogP contribution < -0.4 is 10.6 Å². The number of benzene rings is 1. The number of nitrogens with one attached hydrogen (secondary N) is 2. The number of carbonyl (C=O) groups is 1. The van der Waals surface area contributed by atoms with Gasteiger partial charge in [-0.25, -0.2) is 19.0 Å². The van der Waals surface area contributed by atoms with Gasteiger partial charge in [0.15, 0.2) is 10.8 Å². The molecule has 2 aromatic heterocycles. The standard InChI is InChI=1S/C19H23FN6OS/c1-12(2)10-22-16-15-11-23-26(17(15)25-19(24-16)28-3)8-7-21-18(27)13-5-4-6-14(20)9-13/h4-6,9,11-12H,7-8,10H2,1-3H3,(H,21,27)(H,22,24,25). The van der Waals surface area contributed by atoms with Crippen molar-refractivity contribution < 1.29 is 9.18 Å². The van der Waals surface area contributed by atoms with Gasteiger partial charge in [0.05, 0.1) is 18.1 Å². The number of thioether (sulfide) groups is 1. The molecule has 0 aliphatic carbocycles. The lowest BCUT2D eigenvalue weighted by Gasteiger charge is -2.11. The molecule has 9 heteroatoms. The summed E-state index contributed by atoms with van der Waals surface area (Å²) in [5.74, 6) is 0.483. The zero-order valence-corrected chi connectivity index (χ0v) is 16.9. The van der Waals surface area contributed by atoms with Gasteiger partial charge in [0.1, 0.15) is 11.6 Å². The monoisotopic (exact) mass is 402 g/mol. The molecule has 3 rings (SSSR count). The molecule has 3 aromatic rings. The molecular weight excluding hydrogens is 379 g/mol. The van der Waals surface area contributed by atoms with Gasteiger partial charge in [-0.2, -0.15) is 5.10 Å². The quantitative estimate of drug-likeness (QED) is 0.445. The van der Waals surface area contributed by atoms with Gasteiger partial charge in [-0.3, -0.25) is 4.79 Å². The molecule has 0 aliphatic heterocycles. The van der Waals surface area contributed by atoms with Crippen LogP contribution in [0.4, 0.5) is 10.2 Å². The highest BCUT2D eigenvalue weighted by Gasteiger charge is 2.13. The number of hydrogen-bond donors (Lipinski definition) is 2. The Morgan fingerprint density at radius 1 is 1.32 bits per heavy atom. The molecule has 2 N–H and O–H groups in total. The van der Waals surface area contributed by atoms with E-state index in [9.17, 15) is 9.18 Å². The van der Waals surface area contributed by atoms with E-state index in [1.165, 1.54) is 30.0 Å². The third kappa shape index (κ3) is 4.78. The summed E-state index contributed by atoms with van der Waals surface area (Å²) in [4.78, 5) is 21.2. The maximum Gasteiger partial charge on any atom is 0.251 e. The van der Waals surface area contributed by atoms with E-state index in [0.29, 0.717) is 29.8 Å². The van der Waals surface area contributed by atoms with Crippen LogP contribution >= 0.6 is 11.8 Å². The minimum atomic E-state index is -0.437. The number of amides is 1. The minimum absolute atomic E-state index is 0.289. The number of anilines is 1. The molecule has 0 spiro atoms. The van der Waals surface area contributed by atoms with E-state index in [1.807, 2.05) is 6.26 Å². The lowest BCUT2D eigenvalue weighted by Crippen LogP contribution is -2.27. The van der Waals surface area contributed by atoms with Crippen LogP contribution in [0, 0.1) is 11.7 Å². The third-order valence-corrected chi connectivity index (χ3v) is 4.58. The Morgan fingerprint density at radius 3 is 2.86 bits per heavy atom. The third-order valence-electron chi connectivity index (χ3n) is 4.03. The molecule has 2 heterocycles. The fourth-order valence-electron chi connectivity index (χ4n) is 2.63. The summed E-state index contributed by atoms with van der Waals surface area (Å²) < 4.78 is 15.0. The van der Waals surface area contributed by atoms with Crippen molar-refractivity contribution in [1.29, 1.82) is 0 Å². The number of hydrogen-bond acceptors (Lipinski definition) is 6. The highest BCUT2D eigenvalue weighted by Crippen LogP contribution is 2.23. The summed E-state index contributed by atoms with van der Waals surface area (Å²) in [6, 6.07) is 5.61. The number of halogens is 1. The van der Waals surface area contributed by atoms with Crippen LogP contribution in [0.3, 0.4) is 0 Å². The molecule has 0 saturated carbocycles. The predicted octanol–water partition coefficient (Wildman–Crippen LogP) is 3.19. The number of nitrogens with zero attached hydrogens (tertiary/aromatic N) is 4. The summed E-state index contributed by atoms with van der Waals surface area (Å²) in [5.41, 5.74) is 1.00. The Labute approximate surface area is 167 Å². The first-order chi connectivity index (χ1) is 13.5. The first kappa shape index (κ1) is 20.1. The van der Waals surface area contributed by atoms with Gasteiger partial charge >= 0.3 is 0 Å². The second-order valence-electron chi connectivity index (χ2n) is 6.70. The van der Waals surface area contributed by atoms with E-state index < -0.39 is 5.82 Å². The number of aromatic nitrogens is 4. The zero-order valence-electron chi connectivity index (χ0n) is 16.1. The first-order valence-electron chi connectivity index (χ1n) is 9.03. The van der Waals surface area contributed by atoms with Crippen LogP contribution in [-0.2, 0) is 6.54 Å². The van der Waals surface area contributed by atoms with Crippen LogP contribution in [-0.4, -0.2) is 45.0 Å². The Kier molecular flexibility index (Phi) is 6.45. The Balaban J connectivity index is 1.72. The molecule has 0 aliphatic rings. The van der Waals surface area contributed by atoms with Gasteiger partial charge in [-0.15, -0.1) is 0 Å². The molecule has 0 fully saturated rings. The highest BCUT2D eigenvalue weighted by atomic mass is 32.2. The molecule has 0 unspecified atom stereocenters. The summed E-state index contributed by atoms with van der Waals surface area (Å²) in [5, 5.41) is 12.0. The van der Waals surface area contributed by atoms with Crippen molar-refractivity contribution in [3.63, 3.8) is 0 Å². The van der Waals surface area contributed by atoms with Crippen LogP contribution in [0.2, 0.25) is 0 Å². The van der Waals surface area contributed by atoms with Gasteiger partial charge in [-0.05, 0) is 30.4 Å². The molecule has 148 valence electrons. The van der Waals surface area contributed by atoms with Crippen molar-refractivity contribution in [3.05, 3.63) is 41.8 Å². The van der Waals surface area contributed by atoms with E-state index in [0.717, 1.165) is 17.7 Å². The molecule has 1 amide bonds. The second-order valence-corrected chi connectivity index (χ2v) is 7.48. The average molecular weight is 402 g/mol. The molecule has 0 radical (unpaired) electrons. The predicted molar refractivity (Wildman–Crippen MR) is 109 cm³/mol. The Hall–Kier alpha value is -2.68. The SMILES string of the molecule is CSc1nc(NCC(C)C)c2cnn(CCNC(=O)c3cccc(F)c3)c2n1. The molecule has 0 saturated heterocycles. The molecule has 1 aromatic carbocycles. The Bertz CT molecular complexity index is 974. The maximum atomic E-state index is 13.3. The van der Waals surface area contributed by atoms with Crippen molar-refractivity contribution in [1.82, 2.24) is 25.1 Å². The van der Waals surface area contributed by atoms with Gasteiger partial charge in [-0.1, -0.05) is 31.7 Å². The number of carbonyl (C=O) groups excluding carboxylic acids is 1. The highest BCUT2D eigenvalue weighted by molar-refractivity contribution is 7.98. The van der Waals surface area contributed by atoms with E-state index in [4.69, 9.17) is 0 Å². The summed E-state index contributed by atoms with van der Waals surface area (Å²) in [6.45, 7) is 5.85. The zero-order chi connectivity index (χ0) is 20.1. The van der Waals surface area contributed by atoms with Crippen molar-refractivity contribution in [2.24, 2.45) is 5.92 Å². The smallest absolute Gasteiger partial charge is 0.251 e. The summed E-state index contributed by atoms with van der Waals surface area (Å²) in [6.07, 6.45) is 3.66. The minimum Gasteiger partial charge on any atom is -0.369 e. The fourth-order valence-corrected chi connectivity index (χ4v) is 2.99. The van der Waals surface area contributed by atoms with Crippen molar-refractivity contribution in [2.75, 3.05) is 24.7 Å². The fraction of sp³-hybridized carbons (Fsp3) is 0.368. The van der Waals surface area contributed by atoms with E-state index in [2.05, 4.69) is 39.5 Å². The largest absolute Gasteiger partial charge is 0.369 e. The van der Waals surface area contributed by atoms with Crippen molar-refractivity contribution >= 4 is 34.5 Å². The molecule has 28 heavy (non-hydrogen) atoms. The van der Waals surface area contributed by atoms with Gasteiger partial charge in [0.25, 0.3) is 5.91 Å². The topological polar surface area (TPSA) is 84.7 Å². The van der Waals surface area contributed by atoms with Crippen LogP contribution in [0.5, 0.6) is 0 Å². The molecule has 0 atom stereocenters. The van der Waals surface area contributed by atoms with Crippen molar-refractivity contribution in [3.8, 4) is 0 Å². The summed E-state index contributed by atoms with van der Waals surface area (Å²) >= 11 is 1.46. The number of fused-ring (bicyclic) bond motifs is 1. The van der Waals surface area contributed by atoms with Gasteiger partial charge in [0.2, 0.25) is 0 Å². The first-order valence-corrected chi connectivity index (χ1v) is 10.3. The number of rotatable bonds is 8. The lowest BCUT2D eigenvalue weighted by atomic mass is 10.2. The van der Waals surface area contributed by atoms with Crippen molar-refractivity contribution in [2.45, 2.75) is 25.5 Å². The van der Waals surface area contributed by atoms with Crippen LogP contribution in [0.25, 0.3) is 11.0 Å². The van der Waals surface area contributed by atoms with Crippen LogP contribution in [0.1, 0.15) is 24.2 Å². The lowest BCUT2D eigenvalue weighted by molar-refractivity contribution is 0.0951. The van der Waals surface area contributed by atoms with E-state index in [-0.39, 0.29) is 11.5 Å². The molecule has 7 nitrogen and oxygen atoms in total. The maximum absolute atomic E-state index is 13.3. The molecule has 0 bridgehead atoms. The average Bonchev–Trinajstić information content (AvgIpc) is 3.09. The normalized spacial score (nSPS) is 11.2. The van der Waals surface area contributed by atoms with Gasteiger partial charge in [0, 0.05) is 18.7 Å². The van der Waals surface area contributed by atoms with Gasteiger partial charge < -0.3 is 10.6 Å². The summed E-state index contributed by atoms with van der Waals surface area (Å²) in [7, 11) is 0. The van der Waals surface area contributed by atoms with Crippen LogP contribution in [0.15, 0.2) is 35.6 Å². The second kappa shape index (κ2) is 9.01. The van der Waals surface area contributed by atoms with E-state index >= 15 is 0 Å². The Morgan fingerprint density at radius 2 is 2.14 bits per heavy atom.